The van der Waals surface area contributed by atoms with E-state index in [2.05, 4.69) is 10.6 Å². The molecule has 0 bridgehead atoms. The maximum absolute atomic E-state index is 13.2. The summed E-state index contributed by atoms with van der Waals surface area (Å²) in [6, 6.07) is 8.43. The molecule has 0 radical (unpaired) electrons. The summed E-state index contributed by atoms with van der Waals surface area (Å²) in [4.78, 5) is 44.5. The molecule has 178 valence electrons. The van der Waals surface area contributed by atoms with Crippen LogP contribution in [0.3, 0.4) is 0 Å². The first-order chi connectivity index (χ1) is 15.8. The van der Waals surface area contributed by atoms with Crippen LogP contribution in [0.5, 0.6) is 0 Å². The van der Waals surface area contributed by atoms with Crippen molar-refractivity contribution in [2.45, 2.75) is 51.2 Å². The Labute approximate surface area is 189 Å². The van der Waals surface area contributed by atoms with Gasteiger partial charge in [0, 0.05) is 43.7 Å². The zero-order chi connectivity index (χ0) is 24.2. The molecule has 0 unspecified atom stereocenters. The van der Waals surface area contributed by atoms with Crippen LogP contribution in [-0.4, -0.2) is 34.0 Å². The van der Waals surface area contributed by atoms with Crippen molar-refractivity contribution in [2.24, 2.45) is 5.92 Å². The van der Waals surface area contributed by atoms with Crippen molar-refractivity contribution in [2.75, 3.05) is 0 Å². The molecule has 10 heteroatoms. The molecule has 1 aromatic carbocycles. The number of nitrogens with zero attached hydrogens (tertiary/aromatic N) is 1. The molecule has 0 saturated heterocycles. The Morgan fingerprint density at radius 3 is 2.42 bits per heavy atom. The van der Waals surface area contributed by atoms with Gasteiger partial charge >= 0.3 is 0 Å². The average molecular weight is 463 g/mol. The van der Waals surface area contributed by atoms with E-state index in [1.54, 1.807) is 18.3 Å². The van der Waals surface area contributed by atoms with Gasteiger partial charge < -0.3 is 20.3 Å². The summed E-state index contributed by atoms with van der Waals surface area (Å²) >= 11 is 0. The predicted octanol–water partition coefficient (Wildman–Crippen LogP) is 2.21. The zero-order valence-electron chi connectivity index (χ0n) is 18.0. The van der Waals surface area contributed by atoms with Crippen LogP contribution in [-0.2, 0) is 27.5 Å². The smallest absolute Gasteiger partial charge is 0.290 e. The highest BCUT2D eigenvalue weighted by Crippen LogP contribution is 2.24. The van der Waals surface area contributed by atoms with Crippen LogP contribution in [0.15, 0.2) is 47.4 Å². The minimum absolute atomic E-state index is 0.0141. The van der Waals surface area contributed by atoms with Gasteiger partial charge in [-0.2, -0.15) is 0 Å². The highest BCUT2D eigenvalue weighted by molar-refractivity contribution is 5.79. The monoisotopic (exact) mass is 463 g/mol. The molecule has 8 nitrogen and oxygen atoms in total. The van der Waals surface area contributed by atoms with E-state index in [1.165, 1.54) is 16.7 Å². The molecule has 1 saturated carbocycles. The lowest BCUT2D eigenvalue weighted by Gasteiger charge is -2.28. The Balaban J connectivity index is 0.00000122. The first kappa shape index (κ1) is 25.7. The fourth-order valence-corrected chi connectivity index (χ4v) is 3.65. The molecule has 2 aromatic rings. The number of aryl methyl sites for hydroxylation is 1. The number of carbonyl (C=O) groups is 3. The summed E-state index contributed by atoms with van der Waals surface area (Å²) in [6.07, 6.45) is 4.55. The highest BCUT2D eigenvalue weighted by atomic mass is 19.2. The van der Waals surface area contributed by atoms with Gasteiger partial charge in [0.05, 0.1) is 0 Å². The van der Waals surface area contributed by atoms with Gasteiger partial charge in [-0.25, -0.2) is 8.78 Å². The normalized spacial score (nSPS) is 17.3. The van der Waals surface area contributed by atoms with Crippen LogP contribution in [0.4, 0.5) is 8.78 Å². The Hall–Kier alpha value is -3.56. The van der Waals surface area contributed by atoms with E-state index >= 15 is 0 Å². The van der Waals surface area contributed by atoms with Gasteiger partial charge in [0.1, 0.15) is 0 Å². The number of amides is 2. The van der Waals surface area contributed by atoms with Crippen molar-refractivity contribution in [3.8, 4) is 0 Å². The van der Waals surface area contributed by atoms with E-state index in [0.717, 1.165) is 12.1 Å². The zero-order valence-corrected chi connectivity index (χ0v) is 18.0. The summed E-state index contributed by atoms with van der Waals surface area (Å²) in [5.41, 5.74) is 0.362. The third-order valence-corrected chi connectivity index (χ3v) is 5.39. The molecule has 33 heavy (non-hydrogen) atoms. The van der Waals surface area contributed by atoms with Crippen molar-refractivity contribution in [1.29, 1.82) is 0 Å². The van der Waals surface area contributed by atoms with Gasteiger partial charge in [-0.3, -0.25) is 19.2 Å². The lowest BCUT2D eigenvalue weighted by molar-refractivity contribution is -0.126. The fraction of sp³-hybridized carbons (Fsp3) is 0.391. The van der Waals surface area contributed by atoms with E-state index < -0.39 is 11.6 Å². The number of hydrogen-bond donors (Lipinski definition) is 3. The second-order valence-corrected chi connectivity index (χ2v) is 7.67. The third-order valence-electron chi connectivity index (χ3n) is 5.39. The number of hydrogen-bond acceptors (Lipinski definition) is 4. The molecule has 2 amide bonds. The Kier molecular flexibility index (Phi) is 10.2. The van der Waals surface area contributed by atoms with Crippen LogP contribution < -0.4 is 16.2 Å². The van der Waals surface area contributed by atoms with Crippen LogP contribution in [0, 0.1) is 17.6 Å². The van der Waals surface area contributed by atoms with E-state index in [4.69, 9.17) is 9.90 Å². The van der Waals surface area contributed by atoms with Crippen molar-refractivity contribution in [3.63, 3.8) is 0 Å². The minimum atomic E-state index is -0.935. The summed E-state index contributed by atoms with van der Waals surface area (Å²) < 4.78 is 27.7. The molecule has 1 aliphatic carbocycles. The Morgan fingerprint density at radius 2 is 1.79 bits per heavy atom. The third kappa shape index (κ3) is 8.47. The number of halogens is 2. The molecular weight excluding hydrogens is 436 g/mol. The van der Waals surface area contributed by atoms with E-state index in [-0.39, 0.29) is 48.8 Å². The highest BCUT2D eigenvalue weighted by Gasteiger charge is 2.27. The first-order valence-electron chi connectivity index (χ1n) is 10.6. The molecule has 1 aliphatic rings. The van der Waals surface area contributed by atoms with E-state index in [1.807, 2.05) is 0 Å². The molecule has 1 heterocycles. The van der Waals surface area contributed by atoms with Crippen molar-refractivity contribution < 1.29 is 28.3 Å². The molecule has 1 fully saturated rings. The summed E-state index contributed by atoms with van der Waals surface area (Å²) in [5, 5.41) is 12.6. The molecule has 3 N–H and O–H groups in total. The van der Waals surface area contributed by atoms with Gasteiger partial charge in [-0.05, 0) is 49.4 Å². The fourth-order valence-electron chi connectivity index (χ4n) is 3.65. The van der Waals surface area contributed by atoms with Gasteiger partial charge in [-0.1, -0.05) is 12.1 Å². The summed E-state index contributed by atoms with van der Waals surface area (Å²) in [7, 11) is 0. The van der Waals surface area contributed by atoms with Crippen LogP contribution in [0.25, 0.3) is 0 Å². The molecule has 1 aromatic heterocycles. The molecular formula is C23H27F2N3O5. The maximum atomic E-state index is 13.2. The quantitative estimate of drug-likeness (QED) is 0.545. The number of rotatable bonds is 7. The van der Waals surface area contributed by atoms with Gasteiger partial charge in [0.2, 0.25) is 11.8 Å². The SMILES string of the molecule is O=C(CCn1ccccc1=O)NC1CCC(C(=O)NCc2ccc(F)c(F)c2)CC1.O=CO. The van der Waals surface area contributed by atoms with Crippen LogP contribution >= 0.6 is 0 Å². The maximum Gasteiger partial charge on any atom is 0.290 e. The van der Waals surface area contributed by atoms with Gasteiger partial charge in [-0.15, -0.1) is 0 Å². The lowest BCUT2D eigenvalue weighted by Crippen LogP contribution is -2.41. The molecule has 0 atom stereocenters. The predicted molar refractivity (Wildman–Crippen MR) is 116 cm³/mol. The molecule has 0 spiro atoms. The van der Waals surface area contributed by atoms with E-state index in [9.17, 15) is 23.2 Å². The number of pyridine rings is 1. The number of carboxylic acid groups (broad SMARTS) is 1. The standard InChI is InChI=1S/C22H25F2N3O3.CH2O2/c23-18-9-4-15(13-19(18)24)14-25-22(30)16-5-7-17(8-6-16)26-20(28)10-12-27-11-2-1-3-21(27)29;2-1-3/h1-4,9,11,13,16-17H,5-8,10,12,14H2,(H,25,30)(H,26,28);1H,(H,2,3). The van der Waals surface area contributed by atoms with Crippen molar-refractivity contribution in [3.05, 3.63) is 70.1 Å². The topological polar surface area (TPSA) is 118 Å². The summed E-state index contributed by atoms with van der Waals surface area (Å²) in [5.74, 6) is -2.24. The van der Waals surface area contributed by atoms with Crippen molar-refractivity contribution >= 4 is 18.3 Å². The van der Waals surface area contributed by atoms with Gasteiger partial charge in [0.25, 0.3) is 12.0 Å². The molecule has 0 aliphatic heterocycles. The number of benzene rings is 1. The Bertz CT molecular complexity index is 1000. The minimum Gasteiger partial charge on any atom is -0.483 e. The van der Waals surface area contributed by atoms with Crippen molar-refractivity contribution in [1.82, 2.24) is 15.2 Å². The summed E-state index contributed by atoms with van der Waals surface area (Å²) in [6.45, 7) is 0.221. The number of nitrogens with one attached hydrogen (secondary N) is 2. The van der Waals surface area contributed by atoms with Gasteiger partial charge in [0.15, 0.2) is 11.6 Å². The second kappa shape index (κ2) is 13.1. The van der Waals surface area contributed by atoms with Crippen LogP contribution in [0.2, 0.25) is 0 Å². The molecule has 3 rings (SSSR count). The second-order valence-electron chi connectivity index (χ2n) is 7.67. The lowest BCUT2D eigenvalue weighted by atomic mass is 9.85. The largest absolute Gasteiger partial charge is 0.483 e. The Morgan fingerprint density at radius 1 is 1.09 bits per heavy atom. The average Bonchev–Trinajstić information content (AvgIpc) is 2.80. The number of carbonyl (C=O) groups excluding carboxylic acids is 2. The number of aromatic nitrogens is 1. The first-order valence-corrected chi connectivity index (χ1v) is 10.6. The van der Waals surface area contributed by atoms with E-state index in [0.29, 0.717) is 37.8 Å². The van der Waals surface area contributed by atoms with Crippen LogP contribution in [0.1, 0.15) is 37.7 Å².